The highest BCUT2D eigenvalue weighted by Gasteiger charge is 2.30. The van der Waals surface area contributed by atoms with Gasteiger partial charge in [0.05, 0.1) is 0 Å². The van der Waals surface area contributed by atoms with Gasteiger partial charge in [-0.15, -0.1) is 0 Å². The summed E-state index contributed by atoms with van der Waals surface area (Å²) in [5.74, 6) is 11.5. The Balaban J connectivity index is 2.62. The first-order chi connectivity index (χ1) is 10.9. The molecule has 0 saturated heterocycles. The largest absolute Gasteiger partial charge is 0.449 e. The predicted molar refractivity (Wildman–Crippen MR) is 94.1 cm³/mol. The first-order valence-electron chi connectivity index (χ1n) is 7.54. The standard InChI is InChI=1S/C20H21ClO2/c1-16-10-9-14-20(3,4)18(16)13-12-17(2)23-19(22)11-7-5-6-8-15-21/h10,12-13,17-18H,9,14H2,1-4H3. The van der Waals surface area contributed by atoms with Gasteiger partial charge in [0, 0.05) is 29.1 Å². The van der Waals surface area contributed by atoms with Gasteiger partial charge in [0.15, 0.2) is 0 Å². The molecule has 2 nitrogen and oxygen atoms in total. The molecule has 1 rings (SSSR count). The van der Waals surface area contributed by atoms with Crippen molar-refractivity contribution in [1.29, 1.82) is 0 Å². The van der Waals surface area contributed by atoms with Gasteiger partial charge in [-0.05, 0) is 61.6 Å². The molecule has 0 aromatic heterocycles. The van der Waals surface area contributed by atoms with E-state index in [1.807, 2.05) is 13.0 Å². The highest BCUT2D eigenvalue weighted by Crippen LogP contribution is 2.41. The third-order valence-electron chi connectivity index (χ3n) is 3.85. The van der Waals surface area contributed by atoms with Crippen LogP contribution in [-0.2, 0) is 9.53 Å². The Kier molecular flexibility index (Phi) is 7.54. The van der Waals surface area contributed by atoms with Gasteiger partial charge >= 0.3 is 5.97 Å². The van der Waals surface area contributed by atoms with E-state index in [9.17, 15) is 4.79 Å². The summed E-state index contributed by atoms with van der Waals surface area (Å²) in [7, 11) is 0. The number of carbonyl (C=O) groups is 1. The van der Waals surface area contributed by atoms with E-state index in [1.165, 1.54) is 5.57 Å². The van der Waals surface area contributed by atoms with Crippen LogP contribution < -0.4 is 0 Å². The Morgan fingerprint density at radius 1 is 1.39 bits per heavy atom. The molecule has 0 amide bonds. The van der Waals surface area contributed by atoms with Gasteiger partial charge in [0.25, 0.3) is 0 Å². The summed E-state index contributed by atoms with van der Waals surface area (Å²) in [6.45, 7) is 8.50. The van der Waals surface area contributed by atoms with Crippen molar-refractivity contribution in [3.05, 3.63) is 23.8 Å². The van der Waals surface area contributed by atoms with Crippen molar-refractivity contribution in [1.82, 2.24) is 0 Å². The first-order valence-corrected chi connectivity index (χ1v) is 7.92. The lowest BCUT2D eigenvalue weighted by atomic mass is 9.68. The molecule has 0 N–H and O–H groups in total. The van der Waals surface area contributed by atoms with Gasteiger partial charge < -0.3 is 4.74 Å². The SMILES string of the molecule is CC1=CCCC(C)(C)C1C=CC(C)OC(=O)C#CC#CC#CCl. The van der Waals surface area contributed by atoms with Crippen molar-refractivity contribution in [2.45, 2.75) is 46.6 Å². The van der Waals surface area contributed by atoms with Gasteiger partial charge in [0.2, 0.25) is 0 Å². The zero-order chi connectivity index (χ0) is 17.3. The molecular weight excluding hydrogens is 308 g/mol. The van der Waals surface area contributed by atoms with Crippen LogP contribution in [-0.4, -0.2) is 12.1 Å². The van der Waals surface area contributed by atoms with E-state index in [-0.39, 0.29) is 11.5 Å². The van der Waals surface area contributed by atoms with Gasteiger partial charge in [0.1, 0.15) is 6.10 Å². The van der Waals surface area contributed by atoms with Gasteiger partial charge in [-0.1, -0.05) is 31.6 Å². The van der Waals surface area contributed by atoms with Crippen LogP contribution in [0.25, 0.3) is 0 Å². The number of rotatable bonds is 3. The second kappa shape index (κ2) is 9.15. The van der Waals surface area contributed by atoms with Gasteiger partial charge in [-0.2, -0.15) is 0 Å². The Bertz CT molecular complexity index is 678. The fourth-order valence-electron chi connectivity index (χ4n) is 2.66. The van der Waals surface area contributed by atoms with Crippen molar-refractivity contribution < 1.29 is 9.53 Å². The topological polar surface area (TPSA) is 26.3 Å². The van der Waals surface area contributed by atoms with E-state index in [0.29, 0.717) is 5.92 Å². The number of hydrogen-bond donors (Lipinski definition) is 0. The van der Waals surface area contributed by atoms with Crippen molar-refractivity contribution in [3.63, 3.8) is 0 Å². The Hall–Kier alpha value is -2.08. The lowest BCUT2D eigenvalue weighted by Gasteiger charge is -2.36. The molecular formula is C20H21ClO2. The molecule has 23 heavy (non-hydrogen) atoms. The van der Waals surface area contributed by atoms with Crippen LogP contribution in [0.3, 0.4) is 0 Å². The summed E-state index contributed by atoms with van der Waals surface area (Å²) in [4.78, 5) is 11.6. The molecule has 2 atom stereocenters. The quantitative estimate of drug-likeness (QED) is 0.338. The summed E-state index contributed by atoms with van der Waals surface area (Å²) in [6, 6.07) is 0. The molecule has 0 aliphatic heterocycles. The molecule has 0 heterocycles. The smallest absolute Gasteiger partial charge is 0.385 e. The fraction of sp³-hybridized carbons (Fsp3) is 0.450. The molecule has 2 unspecified atom stereocenters. The lowest BCUT2D eigenvalue weighted by Crippen LogP contribution is -2.26. The van der Waals surface area contributed by atoms with Crippen molar-refractivity contribution in [2.24, 2.45) is 11.3 Å². The second-order valence-corrected chi connectivity index (χ2v) is 6.36. The van der Waals surface area contributed by atoms with Crippen LogP contribution in [0.4, 0.5) is 0 Å². The average Bonchev–Trinajstić information content (AvgIpc) is 2.45. The minimum Gasteiger partial charge on any atom is -0.449 e. The van der Waals surface area contributed by atoms with E-state index in [0.717, 1.165) is 12.8 Å². The van der Waals surface area contributed by atoms with Crippen LogP contribution in [0, 0.1) is 46.3 Å². The monoisotopic (exact) mass is 328 g/mol. The van der Waals surface area contributed by atoms with Crippen LogP contribution in [0.5, 0.6) is 0 Å². The van der Waals surface area contributed by atoms with Crippen LogP contribution in [0.1, 0.15) is 40.5 Å². The maximum atomic E-state index is 11.6. The number of ether oxygens (including phenoxy) is 1. The van der Waals surface area contributed by atoms with Crippen LogP contribution >= 0.6 is 11.6 Å². The maximum Gasteiger partial charge on any atom is 0.385 e. The zero-order valence-corrected chi connectivity index (χ0v) is 14.8. The number of hydrogen-bond acceptors (Lipinski definition) is 2. The van der Waals surface area contributed by atoms with Crippen molar-refractivity contribution in [2.75, 3.05) is 0 Å². The summed E-state index contributed by atoms with van der Waals surface area (Å²) in [5.41, 5.74) is 1.59. The van der Waals surface area contributed by atoms with E-state index in [1.54, 1.807) is 0 Å². The highest BCUT2D eigenvalue weighted by molar-refractivity contribution is 6.30. The first kappa shape index (κ1) is 19.0. The molecule has 1 aliphatic carbocycles. The van der Waals surface area contributed by atoms with E-state index in [2.05, 4.69) is 67.9 Å². The molecule has 0 aromatic rings. The molecule has 120 valence electrons. The minimum atomic E-state index is -0.606. The molecule has 0 spiro atoms. The number of carbonyl (C=O) groups excluding carboxylic acids is 1. The average molecular weight is 329 g/mol. The fourth-order valence-corrected chi connectivity index (χ4v) is 2.70. The normalized spacial score (nSPS) is 19.9. The minimum absolute atomic E-state index is 0.220. The molecule has 0 aromatic carbocycles. The number of allylic oxidation sites excluding steroid dienone is 3. The summed E-state index contributed by atoms with van der Waals surface area (Å²) in [6.07, 6.45) is 8.27. The Morgan fingerprint density at radius 2 is 2.09 bits per heavy atom. The second-order valence-electron chi connectivity index (χ2n) is 6.17. The van der Waals surface area contributed by atoms with Gasteiger partial charge in [-0.3, -0.25) is 0 Å². The van der Waals surface area contributed by atoms with E-state index >= 15 is 0 Å². The molecule has 0 bridgehead atoms. The molecule has 0 radical (unpaired) electrons. The number of halogens is 1. The van der Waals surface area contributed by atoms with E-state index in [4.69, 9.17) is 16.3 Å². The summed E-state index contributed by atoms with van der Waals surface area (Å²) < 4.78 is 5.20. The van der Waals surface area contributed by atoms with Gasteiger partial charge in [-0.25, -0.2) is 4.79 Å². The number of esters is 1. The summed E-state index contributed by atoms with van der Waals surface area (Å²) >= 11 is 5.13. The highest BCUT2D eigenvalue weighted by atomic mass is 35.5. The summed E-state index contributed by atoms with van der Waals surface area (Å²) in [5, 5.41) is 2.10. The van der Waals surface area contributed by atoms with E-state index < -0.39 is 5.97 Å². The van der Waals surface area contributed by atoms with Crippen molar-refractivity contribution in [3.8, 4) is 35.0 Å². The molecule has 0 fully saturated rings. The maximum absolute atomic E-state index is 11.6. The molecule has 3 heteroatoms. The Morgan fingerprint density at radius 3 is 2.74 bits per heavy atom. The van der Waals surface area contributed by atoms with Crippen LogP contribution in [0.15, 0.2) is 23.8 Å². The Labute approximate surface area is 144 Å². The molecule has 0 saturated carbocycles. The third-order valence-corrected chi connectivity index (χ3v) is 3.95. The lowest BCUT2D eigenvalue weighted by molar-refractivity contribution is -0.139. The predicted octanol–water partition coefficient (Wildman–Crippen LogP) is 4.06. The zero-order valence-electron chi connectivity index (χ0n) is 14.0. The van der Waals surface area contributed by atoms with Crippen molar-refractivity contribution >= 4 is 17.6 Å². The van der Waals surface area contributed by atoms with Crippen LogP contribution in [0.2, 0.25) is 0 Å². The third kappa shape index (κ3) is 6.69. The molecule has 1 aliphatic rings.